The molecule has 3 atom stereocenters. The van der Waals surface area contributed by atoms with E-state index in [-0.39, 0.29) is 19.1 Å². The Morgan fingerprint density at radius 1 is 0.636 bits per heavy atom. The number of rotatable bonds is 42. The molecule has 0 aliphatic carbocycles. The number of phosphoric ester groups is 1. The Labute approximate surface area is 341 Å². The molecule has 0 saturated heterocycles. The molecule has 2 N–H and O–H groups in total. The summed E-state index contributed by atoms with van der Waals surface area (Å²) in [4.78, 5) is 25.3. The van der Waals surface area contributed by atoms with Crippen LogP contribution < -0.4 is 10.2 Å². The first-order valence-electron chi connectivity index (χ1n) is 23.2. The maximum atomic E-state index is 12.9. The average molecular weight is 799 g/mol. The molecule has 0 heterocycles. The molecular formula is C46H91N2O6P. The minimum atomic E-state index is -4.57. The maximum absolute atomic E-state index is 12.9. The number of carbonyl (C=O) groups excluding carboxylic acids is 1. The number of amides is 1. The number of aliphatic hydroxyl groups is 1. The second-order valence-electron chi connectivity index (χ2n) is 17.1. The van der Waals surface area contributed by atoms with Crippen LogP contribution in [0.4, 0.5) is 0 Å². The van der Waals surface area contributed by atoms with E-state index in [9.17, 15) is 19.4 Å². The summed E-state index contributed by atoms with van der Waals surface area (Å²) in [5.41, 5.74) is 0. The third-order valence-electron chi connectivity index (χ3n) is 10.4. The van der Waals surface area contributed by atoms with E-state index >= 15 is 0 Å². The van der Waals surface area contributed by atoms with Crippen molar-refractivity contribution in [1.82, 2.24) is 5.32 Å². The van der Waals surface area contributed by atoms with Crippen molar-refractivity contribution < 1.29 is 32.9 Å². The summed E-state index contributed by atoms with van der Waals surface area (Å²) in [6.07, 6.45) is 44.6. The lowest BCUT2D eigenvalue weighted by molar-refractivity contribution is -0.870. The van der Waals surface area contributed by atoms with Crippen LogP contribution in [-0.4, -0.2) is 68.5 Å². The van der Waals surface area contributed by atoms with Gasteiger partial charge in [-0.05, 0) is 44.9 Å². The van der Waals surface area contributed by atoms with E-state index in [0.29, 0.717) is 23.9 Å². The van der Waals surface area contributed by atoms with Gasteiger partial charge in [-0.15, -0.1) is 0 Å². The van der Waals surface area contributed by atoms with E-state index in [1.165, 1.54) is 122 Å². The first kappa shape index (κ1) is 54.0. The second kappa shape index (κ2) is 38.5. The monoisotopic (exact) mass is 799 g/mol. The Morgan fingerprint density at radius 2 is 1.05 bits per heavy atom. The van der Waals surface area contributed by atoms with Crippen LogP contribution in [-0.2, 0) is 18.4 Å². The highest BCUT2D eigenvalue weighted by atomic mass is 31.2. The Hall–Kier alpha value is -1.02. The summed E-state index contributed by atoms with van der Waals surface area (Å²) >= 11 is 0. The fraction of sp³-hybridized carbons (Fsp3) is 0.891. The summed E-state index contributed by atoms with van der Waals surface area (Å²) in [5, 5.41) is 13.9. The van der Waals surface area contributed by atoms with Crippen LogP contribution in [0.2, 0.25) is 0 Å². The van der Waals surface area contributed by atoms with Gasteiger partial charge >= 0.3 is 0 Å². The van der Waals surface area contributed by atoms with E-state index in [2.05, 4.69) is 43.5 Å². The van der Waals surface area contributed by atoms with Gasteiger partial charge in [-0.1, -0.05) is 186 Å². The lowest BCUT2D eigenvalue weighted by Crippen LogP contribution is -2.46. The number of likely N-dealkylation sites (N-methyl/N-ethyl adjacent to an activating group) is 1. The highest BCUT2D eigenvalue weighted by Crippen LogP contribution is 2.38. The fourth-order valence-electron chi connectivity index (χ4n) is 6.72. The van der Waals surface area contributed by atoms with E-state index in [1.807, 2.05) is 21.1 Å². The number of quaternary nitrogens is 1. The van der Waals surface area contributed by atoms with Gasteiger partial charge in [0.05, 0.1) is 39.9 Å². The van der Waals surface area contributed by atoms with Gasteiger partial charge in [-0.2, -0.15) is 0 Å². The third-order valence-corrected chi connectivity index (χ3v) is 11.4. The summed E-state index contributed by atoms with van der Waals surface area (Å²) in [6.45, 7) is 4.70. The molecule has 0 spiro atoms. The molecule has 326 valence electrons. The zero-order valence-electron chi connectivity index (χ0n) is 36.9. The van der Waals surface area contributed by atoms with Crippen LogP contribution in [0.25, 0.3) is 0 Å². The molecule has 0 aromatic rings. The third kappa shape index (κ3) is 41.0. The topological polar surface area (TPSA) is 108 Å². The van der Waals surface area contributed by atoms with Crippen molar-refractivity contribution in [3.8, 4) is 0 Å². The average Bonchev–Trinajstić information content (AvgIpc) is 3.13. The largest absolute Gasteiger partial charge is 0.756 e. The van der Waals surface area contributed by atoms with Crippen molar-refractivity contribution in [2.24, 2.45) is 0 Å². The number of unbranched alkanes of at least 4 members (excludes halogenated alkanes) is 25. The lowest BCUT2D eigenvalue weighted by Gasteiger charge is -2.30. The van der Waals surface area contributed by atoms with E-state index in [4.69, 9.17) is 9.05 Å². The minimum Gasteiger partial charge on any atom is -0.756 e. The highest BCUT2D eigenvalue weighted by molar-refractivity contribution is 7.45. The standard InChI is InChI=1S/C46H91N2O6P/c1-6-8-10-12-14-16-18-20-22-24-25-27-29-31-33-35-37-39-45(49)44(43-54-55(51,52)53-42-41-48(3,4)5)47-46(50)40-38-36-34-32-30-28-26-23-21-19-17-15-13-11-9-7-2/h17,19,23,26,44-45,49H,6-16,18,20-22,24-25,27-43H2,1-5H3,(H-,47,50,51,52)/b19-17-,26-23-. The number of carbonyl (C=O) groups is 1. The first-order valence-corrected chi connectivity index (χ1v) is 24.6. The van der Waals surface area contributed by atoms with Gasteiger partial charge in [0.1, 0.15) is 13.2 Å². The number of nitrogens with one attached hydrogen (secondary N) is 1. The van der Waals surface area contributed by atoms with Crippen molar-refractivity contribution in [2.75, 3.05) is 40.9 Å². The second-order valence-corrected chi connectivity index (χ2v) is 18.5. The van der Waals surface area contributed by atoms with Crippen molar-refractivity contribution in [3.05, 3.63) is 24.3 Å². The van der Waals surface area contributed by atoms with Gasteiger partial charge in [0.25, 0.3) is 7.82 Å². The van der Waals surface area contributed by atoms with Crippen LogP contribution in [0.5, 0.6) is 0 Å². The molecule has 0 aliphatic heterocycles. The number of phosphoric acid groups is 1. The van der Waals surface area contributed by atoms with Crippen LogP contribution >= 0.6 is 7.82 Å². The van der Waals surface area contributed by atoms with Gasteiger partial charge in [0.15, 0.2) is 0 Å². The van der Waals surface area contributed by atoms with Crippen molar-refractivity contribution >= 4 is 13.7 Å². The minimum absolute atomic E-state index is 0.00992. The maximum Gasteiger partial charge on any atom is 0.268 e. The van der Waals surface area contributed by atoms with Crippen LogP contribution in [0.3, 0.4) is 0 Å². The first-order chi connectivity index (χ1) is 26.5. The Morgan fingerprint density at radius 3 is 1.53 bits per heavy atom. The molecule has 0 aromatic heterocycles. The molecule has 0 bridgehead atoms. The molecular weight excluding hydrogens is 707 g/mol. The van der Waals surface area contributed by atoms with Crippen molar-refractivity contribution in [1.29, 1.82) is 0 Å². The van der Waals surface area contributed by atoms with Gasteiger partial charge in [0, 0.05) is 6.42 Å². The predicted octanol–water partition coefficient (Wildman–Crippen LogP) is 12.3. The lowest BCUT2D eigenvalue weighted by atomic mass is 10.0. The van der Waals surface area contributed by atoms with E-state index in [0.717, 1.165) is 64.2 Å². The number of hydrogen-bond donors (Lipinski definition) is 2. The van der Waals surface area contributed by atoms with Crippen LogP contribution in [0.15, 0.2) is 24.3 Å². The molecule has 1 amide bonds. The number of nitrogens with zero attached hydrogens (tertiary/aromatic N) is 1. The van der Waals surface area contributed by atoms with Gasteiger partial charge in [-0.3, -0.25) is 9.36 Å². The molecule has 0 aliphatic rings. The van der Waals surface area contributed by atoms with Gasteiger partial charge in [0.2, 0.25) is 5.91 Å². The van der Waals surface area contributed by atoms with Crippen LogP contribution in [0, 0.1) is 0 Å². The van der Waals surface area contributed by atoms with Crippen molar-refractivity contribution in [2.45, 2.75) is 225 Å². The molecule has 0 radical (unpaired) electrons. The quantitative estimate of drug-likeness (QED) is 0.0276. The van der Waals surface area contributed by atoms with E-state index < -0.39 is 20.0 Å². The van der Waals surface area contributed by atoms with Crippen molar-refractivity contribution in [3.63, 3.8) is 0 Å². The molecule has 8 nitrogen and oxygen atoms in total. The Kier molecular flexibility index (Phi) is 37.8. The molecule has 3 unspecified atom stereocenters. The smallest absolute Gasteiger partial charge is 0.268 e. The Balaban J connectivity index is 4.36. The summed E-state index contributed by atoms with van der Waals surface area (Å²) in [5.74, 6) is -0.178. The molecule has 55 heavy (non-hydrogen) atoms. The summed E-state index contributed by atoms with van der Waals surface area (Å²) in [6, 6.07) is -0.805. The normalized spacial score (nSPS) is 14.5. The van der Waals surface area contributed by atoms with Crippen LogP contribution in [0.1, 0.15) is 213 Å². The number of aliphatic hydroxyl groups excluding tert-OH is 1. The zero-order chi connectivity index (χ0) is 40.7. The highest BCUT2D eigenvalue weighted by Gasteiger charge is 2.24. The summed E-state index contributed by atoms with van der Waals surface area (Å²) < 4.78 is 23.3. The van der Waals surface area contributed by atoms with Gasteiger partial charge < -0.3 is 28.8 Å². The Bertz CT molecular complexity index is 953. The SMILES string of the molecule is CCCCCC/C=C\C/C=C\CCCCCCCC(=O)NC(COP(=O)([O-])OCC[N+](C)(C)C)C(O)CCCCCCCCCCCCCCCCCCC. The molecule has 9 heteroatoms. The number of hydrogen-bond acceptors (Lipinski definition) is 6. The zero-order valence-corrected chi connectivity index (χ0v) is 37.8. The van der Waals surface area contributed by atoms with Gasteiger partial charge in [-0.25, -0.2) is 0 Å². The molecule has 0 fully saturated rings. The predicted molar refractivity (Wildman–Crippen MR) is 233 cm³/mol. The van der Waals surface area contributed by atoms with E-state index in [1.54, 1.807) is 0 Å². The molecule has 0 aromatic carbocycles. The number of allylic oxidation sites excluding steroid dienone is 4. The molecule has 0 saturated carbocycles. The molecule has 0 rings (SSSR count). The fourth-order valence-corrected chi connectivity index (χ4v) is 7.44. The summed E-state index contributed by atoms with van der Waals surface area (Å²) in [7, 11) is 1.30.